The quantitative estimate of drug-likeness (QED) is 0.472. The van der Waals surface area contributed by atoms with Crippen molar-refractivity contribution in [2.24, 2.45) is 0 Å². The molecule has 8 nitrogen and oxygen atoms in total. The predicted molar refractivity (Wildman–Crippen MR) is 128 cm³/mol. The number of fused-ring (bicyclic) bond motifs is 2. The highest BCUT2D eigenvalue weighted by Crippen LogP contribution is 2.31. The molecule has 3 N–H and O–H groups in total. The monoisotopic (exact) mass is 442 g/mol. The maximum absolute atomic E-state index is 13.7. The molecule has 0 bridgehead atoms. The predicted octanol–water partition coefficient (Wildman–Crippen LogP) is 2.93. The number of rotatable bonds is 3. The average Bonchev–Trinajstić information content (AvgIpc) is 3.41. The standard InChI is InChI=1S/C25H26N6O2/c1-15-6-5-7-17-12-19(31(25(33)21(15)17)18-8-3-4-9-18)13-30-24-22(23(26)27-14-28-24)20(29-30)11-10-16(2)32/h5-7,12,14,16,18,32H,3-4,8-9,13H2,1-2H3,(H2,26,27,28)/t16-/m1/s1. The summed E-state index contributed by atoms with van der Waals surface area (Å²) in [6, 6.07) is 8.19. The van der Waals surface area contributed by atoms with E-state index in [-0.39, 0.29) is 17.4 Å². The van der Waals surface area contributed by atoms with Crippen LogP contribution >= 0.6 is 0 Å². The molecule has 4 aromatic rings. The fourth-order valence-electron chi connectivity index (χ4n) is 4.84. The van der Waals surface area contributed by atoms with E-state index in [0.717, 1.165) is 47.7 Å². The summed E-state index contributed by atoms with van der Waals surface area (Å²) < 4.78 is 3.68. The number of hydrogen-bond acceptors (Lipinski definition) is 6. The Balaban J connectivity index is 1.72. The summed E-state index contributed by atoms with van der Waals surface area (Å²) in [6.07, 6.45) is 4.82. The summed E-state index contributed by atoms with van der Waals surface area (Å²) in [5.41, 5.74) is 8.99. The Hall–Kier alpha value is -3.70. The molecule has 1 atom stereocenters. The third-order valence-electron chi connectivity index (χ3n) is 6.33. The van der Waals surface area contributed by atoms with Crippen LogP contribution in [0.1, 0.15) is 55.6 Å². The van der Waals surface area contributed by atoms with Crippen LogP contribution in [-0.4, -0.2) is 35.5 Å². The Labute approximate surface area is 191 Å². The van der Waals surface area contributed by atoms with Gasteiger partial charge in [0.1, 0.15) is 23.9 Å². The Morgan fingerprint density at radius 2 is 2.03 bits per heavy atom. The van der Waals surface area contributed by atoms with E-state index >= 15 is 0 Å². The Morgan fingerprint density at radius 3 is 2.79 bits per heavy atom. The second-order valence-corrected chi connectivity index (χ2v) is 8.70. The zero-order chi connectivity index (χ0) is 23.1. The van der Waals surface area contributed by atoms with Gasteiger partial charge in [-0.05, 0) is 49.6 Å². The summed E-state index contributed by atoms with van der Waals surface area (Å²) in [5.74, 6) is 5.89. The van der Waals surface area contributed by atoms with Crippen molar-refractivity contribution in [3.05, 3.63) is 57.9 Å². The van der Waals surface area contributed by atoms with Crippen molar-refractivity contribution in [2.75, 3.05) is 5.73 Å². The molecule has 1 aromatic carbocycles. The summed E-state index contributed by atoms with van der Waals surface area (Å²) in [6.45, 7) is 3.92. The van der Waals surface area contributed by atoms with Gasteiger partial charge in [-0.1, -0.05) is 37.0 Å². The second kappa shape index (κ2) is 8.34. The van der Waals surface area contributed by atoms with Gasteiger partial charge in [-0.15, -0.1) is 0 Å². The van der Waals surface area contributed by atoms with Crippen molar-refractivity contribution in [3.63, 3.8) is 0 Å². The van der Waals surface area contributed by atoms with E-state index in [1.54, 1.807) is 11.6 Å². The van der Waals surface area contributed by atoms with Gasteiger partial charge < -0.3 is 15.4 Å². The van der Waals surface area contributed by atoms with E-state index in [2.05, 4.69) is 33.0 Å². The highest BCUT2D eigenvalue weighted by molar-refractivity contribution is 5.90. The molecule has 8 heteroatoms. The van der Waals surface area contributed by atoms with Gasteiger partial charge in [0, 0.05) is 11.7 Å². The number of aliphatic hydroxyl groups is 1. The molecule has 1 saturated carbocycles. The molecule has 0 saturated heterocycles. The number of aliphatic hydroxyl groups excluding tert-OH is 1. The third kappa shape index (κ3) is 3.74. The molecule has 1 aliphatic carbocycles. The minimum atomic E-state index is -0.799. The maximum Gasteiger partial charge on any atom is 0.259 e. The molecule has 5 rings (SSSR count). The fraction of sp³-hybridized carbons (Fsp3) is 0.360. The van der Waals surface area contributed by atoms with Crippen molar-refractivity contribution in [2.45, 2.75) is 58.2 Å². The van der Waals surface area contributed by atoms with Crippen LogP contribution in [0.3, 0.4) is 0 Å². The lowest BCUT2D eigenvalue weighted by Gasteiger charge is -2.21. The van der Waals surface area contributed by atoms with Crippen LogP contribution in [0.4, 0.5) is 5.82 Å². The van der Waals surface area contributed by atoms with Crippen LogP contribution in [0.15, 0.2) is 35.4 Å². The molecule has 0 unspecified atom stereocenters. The molecular weight excluding hydrogens is 416 g/mol. The maximum atomic E-state index is 13.7. The normalized spacial score (nSPS) is 15.1. The van der Waals surface area contributed by atoms with Crippen LogP contribution in [0.25, 0.3) is 21.8 Å². The van der Waals surface area contributed by atoms with E-state index in [0.29, 0.717) is 23.3 Å². The van der Waals surface area contributed by atoms with Crippen molar-refractivity contribution in [1.82, 2.24) is 24.3 Å². The molecule has 3 aromatic heterocycles. The molecule has 33 heavy (non-hydrogen) atoms. The molecule has 0 radical (unpaired) electrons. The molecule has 168 valence electrons. The molecule has 3 heterocycles. The van der Waals surface area contributed by atoms with E-state index in [1.807, 2.05) is 29.7 Å². The number of pyridine rings is 1. The fourth-order valence-corrected chi connectivity index (χ4v) is 4.84. The first-order chi connectivity index (χ1) is 15.9. The number of aryl methyl sites for hydroxylation is 1. The molecule has 1 aliphatic rings. The van der Waals surface area contributed by atoms with Crippen molar-refractivity contribution >= 4 is 27.6 Å². The highest BCUT2D eigenvalue weighted by atomic mass is 16.3. The van der Waals surface area contributed by atoms with Crippen LogP contribution in [0, 0.1) is 18.8 Å². The Morgan fingerprint density at radius 1 is 1.24 bits per heavy atom. The van der Waals surface area contributed by atoms with Gasteiger partial charge in [-0.3, -0.25) is 4.79 Å². The smallest absolute Gasteiger partial charge is 0.259 e. The Bertz CT molecular complexity index is 1480. The van der Waals surface area contributed by atoms with Gasteiger partial charge in [0.25, 0.3) is 5.56 Å². The van der Waals surface area contributed by atoms with Crippen LogP contribution in [-0.2, 0) is 6.54 Å². The van der Waals surface area contributed by atoms with Gasteiger partial charge in [-0.25, -0.2) is 14.6 Å². The highest BCUT2D eigenvalue weighted by Gasteiger charge is 2.24. The van der Waals surface area contributed by atoms with Crippen molar-refractivity contribution in [3.8, 4) is 11.8 Å². The first-order valence-electron chi connectivity index (χ1n) is 11.2. The molecule has 0 spiro atoms. The van der Waals surface area contributed by atoms with Gasteiger partial charge in [0.2, 0.25) is 0 Å². The van der Waals surface area contributed by atoms with Gasteiger partial charge in [0.15, 0.2) is 5.65 Å². The SMILES string of the molecule is Cc1cccc2cc(Cn3nc(C#C[C@@H](C)O)c4c(N)ncnc43)n(C3CCCC3)c(=O)c12. The number of hydrogen-bond donors (Lipinski definition) is 2. The van der Waals surface area contributed by atoms with Gasteiger partial charge in [0.05, 0.1) is 17.3 Å². The summed E-state index contributed by atoms with van der Waals surface area (Å²) in [5, 5.41) is 16.5. The largest absolute Gasteiger partial charge is 0.383 e. The first-order valence-corrected chi connectivity index (χ1v) is 11.2. The minimum absolute atomic E-state index is 0.0484. The van der Waals surface area contributed by atoms with Gasteiger partial charge in [-0.2, -0.15) is 5.10 Å². The molecule has 0 amide bonds. The first kappa shape index (κ1) is 21.2. The van der Waals surface area contributed by atoms with Crippen LogP contribution in [0.2, 0.25) is 0 Å². The zero-order valence-corrected chi connectivity index (χ0v) is 18.7. The molecule has 1 fully saturated rings. The summed E-state index contributed by atoms with van der Waals surface area (Å²) in [7, 11) is 0. The lowest BCUT2D eigenvalue weighted by molar-refractivity contribution is 0.253. The number of nitrogens with zero attached hydrogens (tertiary/aromatic N) is 5. The number of nitrogens with two attached hydrogens (primary N) is 1. The van der Waals surface area contributed by atoms with Crippen LogP contribution < -0.4 is 11.3 Å². The van der Waals surface area contributed by atoms with Crippen LogP contribution in [0.5, 0.6) is 0 Å². The van der Waals surface area contributed by atoms with Gasteiger partial charge >= 0.3 is 0 Å². The third-order valence-corrected chi connectivity index (χ3v) is 6.33. The van der Waals surface area contributed by atoms with E-state index in [9.17, 15) is 9.90 Å². The summed E-state index contributed by atoms with van der Waals surface area (Å²) >= 11 is 0. The average molecular weight is 443 g/mol. The number of benzene rings is 1. The topological polar surface area (TPSA) is 112 Å². The minimum Gasteiger partial charge on any atom is -0.383 e. The summed E-state index contributed by atoms with van der Waals surface area (Å²) in [4.78, 5) is 22.2. The van der Waals surface area contributed by atoms with E-state index in [1.165, 1.54) is 6.33 Å². The van der Waals surface area contributed by atoms with Crippen molar-refractivity contribution in [1.29, 1.82) is 0 Å². The van der Waals surface area contributed by atoms with E-state index < -0.39 is 6.10 Å². The molecule has 0 aliphatic heterocycles. The lowest BCUT2D eigenvalue weighted by Crippen LogP contribution is -2.28. The lowest BCUT2D eigenvalue weighted by atomic mass is 10.0. The number of aromatic nitrogens is 5. The van der Waals surface area contributed by atoms with Crippen molar-refractivity contribution < 1.29 is 5.11 Å². The van der Waals surface area contributed by atoms with E-state index in [4.69, 9.17) is 5.73 Å². The number of anilines is 1. The Kier molecular flexibility index (Phi) is 5.35. The second-order valence-electron chi connectivity index (χ2n) is 8.70. The number of nitrogen functional groups attached to an aromatic ring is 1. The molecular formula is C25H26N6O2. The zero-order valence-electron chi connectivity index (χ0n) is 18.7.